The highest BCUT2D eigenvalue weighted by Crippen LogP contribution is 2.45. The SMILES string of the molecule is CCC(C)CCCCCCCCC(=O)O[C@H](COC(=O)CCCCCCCCCCCCCCC(C)C)COP(=O)(O)OCC(O)COP(=O)(O)OC[C@@H](COC(=O)CCCCCCCCCC(C)C)OC(=O)CCCCCCCCCCCCC(C)C. The van der Waals surface area contributed by atoms with Crippen molar-refractivity contribution < 1.29 is 80.2 Å². The van der Waals surface area contributed by atoms with Crippen LogP contribution in [0.3, 0.4) is 0 Å². The number of carbonyl (C=O) groups is 4. The van der Waals surface area contributed by atoms with E-state index in [2.05, 4.69) is 55.4 Å². The normalized spacial score (nSPS) is 14.6. The summed E-state index contributed by atoms with van der Waals surface area (Å²) in [6.45, 7) is 14.0. The molecular weight excluding hydrogens is 1160 g/mol. The fourth-order valence-corrected chi connectivity index (χ4v) is 11.9. The van der Waals surface area contributed by atoms with Gasteiger partial charge >= 0.3 is 39.5 Å². The Bertz CT molecular complexity index is 1750. The number of carbonyl (C=O) groups excluding carboxylic acids is 4. The molecule has 0 aromatic heterocycles. The third-order valence-corrected chi connectivity index (χ3v) is 18.1. The summed E-state index contributed by atoms with van der Waals surface area (Å²) < 4.78 is 68.2. The molecule has 3 N–H and O–H groups in total. The van der Waals surface area contributed by atoms with Crippen LogP contribution in [0.25, 0.3) is 0 Å². The van der Waals surface area contributed by atoms with Crippen LogP contribution in [-0.2, 0) is 65.4 Å². The minimum absolute atomic E-state index is 0.102. The standard InChI is InChI=1S/C69H134O17P2/c1-9-62(8)48-40-32-27-28-36-44-52-69(74)86-65(56-79-66(71)49-41-33-24-18-13-11-10-12-16-21-29-37-45-59(2)3)58-84-88(77,78)82-54-63(70)53-81-87(75,76)83-57-64(55-80-67(72)50-42-34-26-20-23-31-39-47-61(6)7)85-68(73)51-43-35-25-19-15-14-17-22-30-38-46-60(4)5/h59-65,70H,9-58H2,1-8H3,(H,75,76)(H,77,78)/t62?,63?,64-,65-/m1/s1. The molecule has 522 valence electrons. The maximum Gasteiger partial charge on any atom is 0.472 e. The van der Waals surface area contributed by atoms with Gasteiger partial charge in [-0.2, -0.15) is 0 Å². The molecule has 0 saturated carbocycles. The molecule has 0 radical (unpaired) electrons. The highest BCUT2D eigenvalue weighted by Gasteiger charge is 2.30. The Morgan fingerprint density at radius 2 is 0.545 bits per heavy atom. The van der Waals surface area contributed by atoms with Crippen molar-refractivity contribution in [2.75, 3.05) is 39.6 Å². The number of rotatable bonds is 66. The van der Waals surface area contributed by atoms with Crippen molar-refractivity contribution >= 4 is 39.5 Å². The fourth-order valence-electron chi connectivity index (χ4n) is 10.3. The van der Waals surface area contributed by atoms with Gasteiger partial charge in [0.25, 0.3) is 0 Å². The monoisotopic (exact) mass is 1300 g/mol. The Morgan fingerprint density at radius 3 is 0.807 bits per heavy atom. The smallest absolute Gasteiger partial charge is 0.462 e. The predicted molar refractivity (Wildman–Crippen MR) is 354 cm³/mol. The maximum atomic E-state index is 13.0. The molecule has 4 unspecified atom stereocenters. The molecule has 19 heteroatoms. The first kappa shape index (κ1) is 86.1. The van der Waals surface area contributed by atoms with Crippen molar-refractivity contribution in [1.29, 1.82) is 0 Å². The second-order valence-corrected chi connectivity index (χ2v) is 29.5. The number of aliphatic hydroxyl groups excluding tert-OH is 1. The minimum Gasteiger partial charge on any atom is -0.462 e. The summed E-state index contributed by atoms with van der Waals surface area (Å²) >= 11 is 0. The first-order chi connectivity index (χ1) is 42.1. The van der Waals surface area contributed by atoms with Crippen LogP contribution in [0.15, 0.2) is 0 Å². The van der Waals surface area contributed by atoms with E-state index < -0.39 is 97.5 Å². The van der Waals surface area contributed by atoms with Gasteiger partial charge in [0, 0.05) is 25.7 Å². The van der Waals surface area contributed by atoms with Gasteiger partial charge in [-0.05, 0) is 49.4 Å². The van der Waals surface area contributed by atoms with Gasteiger partial charge in [0.1, 0.15) is 19.3 Å². The number of phosphoric acid groups is 2. The Labute approximate surface area is 537 Å². The molecule has 0 spiro atoms. The lowest BCUT2D eigenvalue weighted by Crippen LogP contribution is -2.30. The summed E-state index contributed by atoms with van der Waals surface area (Å²) in [7, 11) is -9.90. The predicted octanol–water partition coefficient (Wildman–Crippen LogP) is 19.3. The van der Waals surface area contributed by atoms with Gasteiger partial charge in [-0.1, -0.05) is 287 Å². The molecule has 0 aromatic rings. The van der Waals surface area contributed by atoms with Crippen molar-refractivity contribution in [1.82, 2.24) is 0 Å². The third kappa shape index (κ3) is 61.6. The van der Waals surface area contributed by atoms with Crippen LogP contribution in [-0.4, -0.2) is 96.7 Å². The number of phosphoric ester groups is 2. The van der Waals surface area contributed by atoms with E-state index >= 15 is 0 Å². The van der Waals surface area contributed by atoms with E-state index in [1.54, 1.807) is 0 Å². The van der Waals surface area contributed by atoms with Crippen LogP contribution in [0.5, 0.6) is 0 Å². The molecule has 17 nitrogen and oxygen atoms in total. The number of ether oxygens (including phenoxy) is 4. The summed E-state index contributed by atoms with van der Waals surface area (Å²) in [5, 5.41) is 10.6. The van der Waals surface area contributed by atoms with E-state index in [0.717, 1.165) is 114 Å². The van der Waals surface area contributed by atoms with Crippen LogP contribution in [0.2, 0.25) is 0 Å². The first-order valence-electron chi connectivity index (χ1n) is 35.7. The molecule has 0 aromatic carbocycles. The molecule has 0 saturated heterocycles. The summed E-state index contributed by atoms with van der Waals surface area (Å²) in [6.07, 6.45) is 40.4. The van der Waals surface area contributed by atoms with Crippen LogP contribution in [0.4, 0.5) is 0 Å². The molecule has 0 aliphatic heterocycles. The van der Waals surface area contributed by atoms with Crippen LogP contribution in [0, 0.1) is 23.7 Å². The van der Waals surface area contributed by atoms with Gasteiger partial charge in [0.15, 0.2) is 12.2 Å². The van der Waals surface area contributed by atoms with Crippen molar-refractivity contribution in [3.05, 3.63) is 0 Å². The van der Waals surface area contributed by atoms with Gasteiger partial charge in [0.2, 0.25) is 0 Å². The molecule has 6 atom stereocenters. The number of hydrogen-bond donors (Lipinski definition) is 3. The molecule has 0 heterocycles. The molecule has 0 fully saturated rings. The van der Waals surface area contributed by atoms with Crippen molar-refractivity contribution in [3.63, 3.8) is 0 Å². The zero-order chi connectivity index (χ0) is 65.4. The van der Waals surface area contributed by atoms with E-state index in [9.17, 15) is 43.2 Å². The maximum absolute atomic E-state index is 13.0. The zero-order valence-electron chi connectivity index (χ0n) is 57.3. The highest BCUT2D eigenvalue weighted by atomic mass is 31.2. The quantitative estimate of drug-likeness (QED) is 0.0222. The Hall–Kier alpha value is -1.94. The fraction of sp³-hybridized carbons (Fsp3) is 0.942. The van der Waals surface area contributed by atoms with Gasteiger partial charge in [-0.3, -0.25) is 37.3 Å². The van der Waals surface area contributed by atoms with Crippen molar-refractivity contribution in [3.8, 4) is 0 Å². The number of hydrogen-bond acceptors (Lipinski definition) is 15. The van der Waals surface area contributed by atoms with Gasteiger partial charge in [0.05, 0.1) is 26.4 Å². The van der Waals surface area contributed by atoms with Gasteiger partial charge in [-0.25, -0.2) is 9.13 Å². The second-order valence-electron chi connectivity index (χ2n) is 26.6. The van der Waals surface area contributed by atoms with Crippen molar-refractivity contribution in [2.45, 2.75) is 356 Å². The largest absolute Gasteiger partial charge is 0.472 e. The van der Waals surface area contributed by atoms with Gasteiger partial charge in [-0.15, -0.1) is 0 Å². The average molecular weight is 1300 g/mol. The summed E-state index contributed by atoms with van der Waals surface area (Å²) in [6, 6.07) is 0. The van der Waals surface area contributed by atoms with E-state index in [1.165, 1.54) is 135 Å². The second kappa shape index (κ2) is 58.8. The first-order valence-corrected chi connectivity index (χ1v) is 38.7. The van der Waals surface area contributed by atoms with Crippen LogP contribution in [0.1, 0.15) is 338 Å². The van der Waals surface area contributed by atoms with Crippen LogP contribution < -0.4 is 0 Å². The van der Waals surface area contributed by atoms with Crippen LogP contribution >= 0.6 is 15.6 Å². The summed E-state index contributed by atoms with van der Waals surface area (Å²) in [5.74, 6) is 0.825. The Kier molecular flexibility index (Phi) is 57.6. The minimum atomic E-state index is -4.95. The third-order valence-electron chi connectivity index (χ3n) is 16.2. The molecule has 88 heavy (non-hydrogen) atoms. The lowest BCUT2D eigenvalue weighted by Gasteiger charge is -2.21. The van der Waals surface area contributed by atoms with E-state index in [1.807, 2.05) is 0 Å². The molecular formula is C69H134O17P2. The van der Waals surface area contributed by atoms with Gasteiger partial charge < -0.3 is 33.8 Å². The van der Waals surface area contributed by atoms with E-state index in [0.29, 0.717) is 31.6 Å². The molecule has 0 amide bonds. The Morgan fingerprint density at radius 1 is 0.318 bits per heavy atom. The number of aliphatic hydroxyl groups is 1. The average Bonchev–Trinajstić information content (AvgIpc) is 3.45. The molecule has 0 rings (SSSR count). The zero-order valence-corrected chi connectivity index (χ0v) is 59.1. The lowest BCUT2D eigenvalue weighted by atomic mass is 10.00. The molecule has 0 bridgehead atoms. The summed E-state index contributed by atoms with van der Waals surface area (Å²) in [4.78, 5) is 72.5. The molecule has 0 aliphatic rings. The van der Waals surface area contributed by atoms with Crippen molar-refractivity contribution in [2.24, 2.45) is 23.7 Å². The molecule has 0 aliphatic carbocycles. The van der Waals surface area contributed by atoms with E-state index in [-0.39, 0.29) is 25.7 Å². The summed E-state index contributed by atoms with van der Waals surface area (Å²) in [5.41, 5.74) is 0. The Balaban J connectivity index is 5.23. The van der Waals surface area contributed by atoms with E-state index in [4.69, 9.17) is 37.0 Å². The number of unbranched alkanes of at least 4 members (excludes halogenated alkanes) is 31. The lowest BCUT2D eigenvalue weighted by molar-refractivity contribution is -0.161. The number of esters is 4. The highest BCUT2D eigenvalue weighted by molar-refractivity contribution is 7.47. The topological polar surface area (TPSA) is 237 Å².